The molecule has 0 heterocycles. The number of benzene rings is 4. The molecule has 0 saturated carbocycles. The van der Waals surface area contributed by atoms with Gasteiger partial charge in [0.1, 0.15) is 9.73 Å². The summed E-state index contributed by atoms with van der Waals surface area (Å²) >= 11 is 0. The van der Waals surface area contributed by atoms with Crippen LogP contribution in [0.1, 0.15) is 11.1 Å². The quantitative estimate of drug-likeness (QED) is 0.377. The highest BCUT2D eigenvalue weighted by Gasteiger charge is 2.39. The molecular weight excluding hydrogens is 400 g/mol. The molecule has 0 amide bonds. The Morgan fingerprint density at radius 3 is 1.23 bits per heavy atom. The van der Waals surface area contributed by atoms with Gasteiger partial charge >= 0.3 is 0 Å². The van der Waals surface area contributed by atoms with E-state index in [0.717, 1.165) is 11.1 Å². The average molecular weight is 427 g/mol. The Balaban J connectivity index is 2.14. The van der Waals surface area contributed by atoms with Gasteiger partial charge in [-0.05, 0) is 49.5 Å². The minimum atomic E-state index is -2.96. The third-order valence-electron chi connectivity index (χ3n) is 5.39. The number of rotatable bonds is 6. The highest BCUT2D eigenvalue weighted by Crippen LogP contribution is 2.40. The van der Waals surface area contributed by atoms with Crippen LogP contribution in [0.5, 0.6) is 0 Å². The van der Waals surface area contributed by atoms with E-state index in [4.69, 9.17) is 4.36 Å². The van der Waals surface area contributed by atoms with Crippen molar-refractivity contribution < 1.29 is 4.21 Å². The Morgan fingerprint density at radius 1 is 0.581 bits per heavy atom. The summed E-state index contributed by atoms with van der Waals surface area (Å²) < 4.78 is 20.1. The first-order chi connectivity index (χ1) is 15.1. The van der Waals surface area contributed by atoms with Crippen LogP contribution in [0.25, 0.3) is 0 Å². The summed E-state index contributed by atoms with van der Waals surface area (Å²) in [4.78, 5) is 3.43. The molecule has 0 N–H and O–H groups in total. The fourth-order valence-electron chi connectivity index (χ4n) is 3.85. The molecule has 31 heavy (non-hydrogen) atoms. The molecule has 0 aromatic heterocycles. The molecule has 0 fully saturated rings. The summed E-state index contributed by atoms with van der Waals surface area (Å²) in [5.41, 5.74) is 0.988. The van der Waals surface area contributed by atoms with E-state index in [-0.39, 0.29) is 0 Å². The Labute approximate surface area is 185 Å². The molecule has 0 saturated heterocycles. The maximum absolute atomic E-state index is 14.9. The molecule has 0 aliphatic heterocycles. The third-order valence-corrected chi connectivity index (χ3v) is 7.73. The standard InChI is InChI=1S/C27H26N2OS/c1-29(2)27(23-15-7-3-8-16-23,24-17-9-4-10-18-24)28-31(30,25-19-11-5-12-20-25)26-21-13-6-14-22-26/h3-22H,1-2H3. The second-order valence-corrected chi connectivity index (χ2v) is 9.72. The molecule has 0 spiro atoms. The third kappa shape index (κ3) is 3.92. The van der Waals surface area contributed by atoms with E-state index < -0.39 is 15.4 Å². The summed E-state index contributed by atoms with van der Waals surface area (Å²) in [6, 6.07) is 39.3. The zero-order chi connectivity index (χ0) is 21.7. The molecule has 0 radical (unpaired) electrons. The Kier molecular flexibility index (Phi) is 6.03. The van der Waals surface area contributed by atoms with Crippen molar-refractivity contribution in [1.82, 2.24) is 4.90 Å². The van der Waals surface area contributed by atoms with Gasteiger partial charge in [-0.25, -0.2) is 4.21 Å². The zero-order valence-corrected chi connectivity index (χ0v) is 18.6. The predicted molar refractivity (Wildman–Crippen MR) is 127 cm³/mol. The second kappa shape index (κ2) is 8.88. The second-order valence-electron chi connectivity index (χ2n) is 7.54. The van der Waals surface area contributed by atoms with Gasteiger partial charge in [0.05, 0.1) is 9.79 Å². The smallest absolute Gasteiger partial charge is 0.174 e. The Bertz CT molecular complexity index is 1150. The first-order valence-electron chi connectivity index (χ1n) is 10.2. The van der Waals surface area contributed by atoms with Crippen molar-refractivity contribution in [3.05, 3.63) is 132 Å². The van der Waals surface area contributed by atoms with E-state index in [0.29, 0.717) is 9.79 Å². The zero-order valence-electron chi connectivity index (χ0n) is 17.8. The molecule has 4 heteroatoms. The number of hydrogen-bond acceptors (Lipinski definition) is 3. The molecule has 0 aliphatic carbocycles. The van der Waals surface area contributed by atoms with Crippen LogP contribution in [-0.4, -0.2) is 23.2 Å². The molecule has 4 rings (SSSR count). The van der Waals surface area contributed by atoms with Crippen LogP contribution in [0, 0.1) is 0 Å². The van der Waals surface area contributed by atoms with Crippen molar-refractivity contribution in [2.45, 2.75) is 15.5 Å². The highest BCUT2D eigenvalue weighted by molar-refractivity contribution is 7.93. The summed E-state index contributed by atoms with van der Waals surface area (Å²) in [6.45, 7) is 0. The summed E-state index contributed by atoms with van der Waals surface area (Å²) in [7, 11) is 1.01. The lowest BCUT2D eigenvalue weighted by Crippen LogP contribution is -2.41. The first-order valence-corrected chi connectivity index (χ1v) is 11.8. The van der Waals surface area contributed by atoms with Gasteiger partial charge in [0.25, 0.3) is 0 Å². The minimum absolute atomic E-state index is 0.694. The van der Waals surface area contributed by atoms with Gasteiger partial charge in [-0.1, -0.05) is 97.1 Å². The topological polar surface area (TPSA) is 32.7 Å². The molecular formula is C27H26N2OS. The van der Waals surface area contributed by atoms with Crippen LogP contribution < -0.4 is 0 Å². The normalized spacial score (nSPS) is 12.0. The number of nitrogens with zero attached hydrogens (tertiary/aromatic N) is 2. The van der Waals surface area contributed by atoms with Crippen molar-refractivity contribution >= 4 is 9.73 Å². The lowest BCUT2D eigenvalue weighted by atomic mass is 9.91. The van der Waals surface area contributed by atoms with Crippen molar-refractivity contribution in [1.29, 1.82) is 0 Å². The Hall–Kier alpha value is -3.21. The van der Waals surface area contributed by atoms with E-state index in [9.17, 15) is 4.21 Å². The largest absolute Gasteiger partial charge is 0.277 e. The highest BCUT2D eigenvalue weighted by atomic mass is 32.2. The minimum Gasteiger partial charge on any atom is -0.277 e. The maximum atomic E-state index is 14.9. The van der Waals surface area contributed by atoms with Crippen molar-refractivity contribution in [3.8, 4) is 0 Å². The molecule has 0 aliphatic rings. The van der Waals surface area contributed by atoms with Gasteiger partial charge in [-0.3, -0.25) is 4.90 Å². The van der Waals surface area contributed by atoms with Crippen LogP contribution in [0.15, 0.2) is 135 Å². The van der Waals surface area contributed by atoms with Crippen molar-refractivity contribution in [2.24, 2.45) is 4.36 Å². The Morgan fingerprint density at radius 2 is 0.903 bits per heavy atom. The lowest BCUT2D eigenvalue weighted by molar-refractivity contribution is 0.212. The van der Waals surface area contributed by atoms with Crippen molar-refractivity contribution in [3.63, 3.8) is 0 Å². The number of hydrogen-bond donors (Lipinski definition) is 0. The van der Waals surface area contributed by atoms with E-state index >= 15 is 0 Å². The van der Waals surface area contributed by atoms with E-state index in [1.165, 1.54) is 0 Å². The fraction of sp³-hybridized carbons (Fsp3) is 0.111. The molecule has 3 nitrogen and oxygen atoms in total. The van der Waals surface area contributed by atoms with Gasteiger partial charge in [-0.15, -0.1) is 0 Å². The summed E-state index contributed by atoms with van der Waals surface area (Å²) in [5, 5.41) is 0. The monoisotopic (exact) mass is 426 g/mol. The average Bonchev–Trinajstić information content (AvgIpc) is 2.84. The van der Waals surface area contributed by atoms with Crippen LogP contribution in [0.4, 0.5) is 0 Å². The fourth-order valence-corrected chi connectivity index (χ4v) is 6.13. The van der Waals surface area contributed by atoms with Crippen LogP contribution in [-0.2, 0) is 15.4 Å². The van der Waals surface area contributed by atoms with Gasteiger partial charge in [-0.2, -0.15) is 4.36 Å². The van der Waals surface area contributed by atoms with E-state index in [1.807, 2.05) is 140 Å². The van der Waals surface area contributed by atoms with Crippen LogP contribution in [0.3, 0.4) is 0 Å². The predicted octanol–water partition coefficient (Wildman–Crippen LogP) is 6.04. The molecule has 156 valence electrons. The van der Waals surface area contributed by atoms with Gasteiger partial charge in [0, 0.05) is 0 Å². The lowest BCUT2D eigenvalue weighted by Gasteiger charge is -2.38. The van der Waals surface area contributed by atoms with Gasteiger partial charge in [0.2, 0.25) is 0 Å². The first kappa shape index (κ1) is 21.0. The van der Waals surface area contributed by atoms with Gasteiger partial charge in [0.15, 0.2) is 5.66 Å². The SMILES string of the molecule is CN(C)C(N=S(=O)(c1ccccc1)c1ccccc1)(c1ccccc1)c1ccccc1. The van der Waals surface area contributed by atoms with Crippen molar-refractivity contribution in [2.75, 3.05) is 14.1 Å². The molecule has 0 bridgehead atoms. The summed E-state index contributed by atoms with van der Waals surface area (Å²) in [5.74, 6) is 0. The van der Waals surface area contributed by atoms with Gasteiger partial charge < -0.3 is 0 Å². The molecule has 0 unspecified atom stereocenters. The van der Waals surface area contributed by atoms with Crippen LogP contribution in [0.2, 0.25) is 0 Å². The molecule has 4 aromatic rings. The molecule has 0 atom stereocenters. The van der Waals surface area contributed by atoms with Crippen LogP contribution >= 0.6 is 0 Å². The maximum Gasteiger partial charge on any atom is 0.174 e. The molecule has 4 aromatic carbocycles. The van der Waals surface area contributed by atoms with E-state index in [2.05, 4.69) is 0 Å². The van der Waals surface area contributed by atoms with E-state index in [1.54, 1.807) is 0 Å². The summed E-state index contributed by atoms with van der Waals surface area (Å²) in [6.07, 6.45) is 0.